The molecule has 3 aromatic rings. The average Bonchev–Trinajstić information content (AvgIpc) is 2.59. The number of halogens is 2. The first-order chi connectivity index (χ1) is 12.5. The van der Waals surface area contributed by atoms with Gasteiger partial charge in [-0.1, -0.05) is 0 Å². The van der Waals surface area contributed by atoms with Crippen LogP contribution < -0.4 is 16.0 Å². The summed E-state index contributed by atoms with van der Waals surface area (Å²) >= 11 is 0. The molecule has 9 heteroatoms. The standard InChI is InChI=1S/C17H14F2N6O/c1-10(26)21-12-3-5-13(6-4-12)22-16-9-20-25-17(24-16)23-15-7-2-11(18)8-14(15)19/h2-9H,1H3,(H,21,26)(H2,22,23,24,25). The molecule has 0 radical (unpaired) electrons. The van der Waals surface area contributed by atoms with Crippen molar-refractivity contribution in [1.29, 1.82) is 0 Å². The van der Waals surface area contributed by atoms with E-state index in [4.69, 9.17) is 0 Å². The Balaban J connectivity index is 1.72. The van der Waals surface area contributed by atoms with Crippen molar-refractivity contribution in [3.8, 4) is 0 Å². The van der Waals surface area contributed by atoms with Crippen molar-refractivity contribution >= 4 is 34.7 Å². The number of hydrogen-bond donors (Lipinski definition) is 3. The van der Waals surface area contributed by atoms with E-state index in [1.165, 1.54) is 19.2 Å². The lowest BCUT2D eigenvalue weighted by atomic mass is 10.3. The fourth-order valence-corrected chi connectivity index (χ4v) is 2.12. The third kappa shape index (κ3) is 4.47. The zero-order valence-electron chi connectivity index (χ0n) is 13.6. The number of nitrogens with zero attached hydrogens (tertiary/aromatic N) is 3. The summed E-state index contributed by atoms with van der Waals surface area (Å²) in [6.07, 6.45) is 1.40. The van der Waals surface area contributed by atoms with Gasteiger partial charge in [0.2, 0.25) is 11.9 Å². The second-order valence-electron chi connectivity index (χ2n) is 5.30. The zero-order chi connectivity index (χ0) is 18.5. The molecule has 26 heavy (non-hydrogen) atoms. The summed E-state index contributed by atoms with van der Waals surface area (Å²) in [5.74, 6) is -1.17. The molecule has 7 nitrogen and oxygen atoms in total. The predicted molar refractivity (Wildman–Crippen MR) is 93.5 cm³/mol. The highest BCUT2D eigenvalue weighted by molar-refractivity contribution is 5.88. The van der Waals surface area contributed by atoms with E-state index in [1.807, 2.05) is 0 Å². The number of amides is 1. The van der Waals surface area contributed by atoms with Gasteiger partial charge in [0, 0.05) is 24.4 Å². The van der Waals surface area contributed by atoms with Gasteiger partial charge >= 0.3 is 0 Å². The average molecular weight is 356 g/mol. The van der Waals surface area contributed by atoms with E-state index in [0.717, 1.165) is 12.1 Å². The first-order valence-corrected chi connectivity index (χ1v) is 7.56. The van der Waals surface area contributed by atoms with Crippen LogP contribution in [0.4, 0.5) is 37.6 Å². The molecular formula is C17H14F2N6O. The molecule has 0 saturated carbocycles. The molecule has 0 atom stereocenters. The van der Waals surface area contributed by atoms with Gasteiger partial charge < -0.3 is 16.0 Å². The molecule has 3 N–H and O–H groups in total. The Labute approximate surface area is 147 Å². The molecule has 2 aromatic carbocycles. The van der Waals surface area contributed by atoms with Crippen molar-refractivity contribution in [2.45, 2.75) is 6.92 Å². The quantitative estimate of drug-likeness (QED) is 0.647. The zero-order valence-corrected chi connectivity index (χ0v) is 13.6. The van der Waals surface area contributed by atoms with Crippen LogP contribution in [0.15, 0.2) is 48.7 Å². The van der Waals surface area contributed by atoms with Crippen LogP contribution in [0.1, 0.15) is 6.92 Å². The molecule has 0 bridgehead atoms. The van der Waals surface area contributed by atoms with Crippen molar-refractivity contribution < 1.29 is 13.6 Å². The highest BCUT2D eigenvalue weighted by atomic mass is 19.1. The fourth-order valence-electron chi connectivity index (χ4n) is 2.12. The second-order valence-corrected chi connectivity index (χ2v) is 5.30. The van der Waals surface area contributed by atoms with Crippen LogP contribution in [0.2, 0.25) is 0 Å². The minimum Gasteiger partial charge on any atom is -0.339 e. The van der Waals surface area contributed by atoms with Gasteiger partial charge in [-0.05, 0) is 36.4 Å². The second kappa shape index (κ2) is 7.51. The number of nitrogens with one attached hydrogen (secondary N) is 3. The van der Waals surface area contributed by atoms with Crippen molar-refractivity contribution in [1.82, 2.24) is 15.2 Å². The summed E-state index contributed by atoms with van der Waals surface area (Å²) in [5.41, 5.74) is 1.40. The Bertz CT molecular complexity index is 933. The normalized spacial score (nSPS) is 10.3. The molecule has 0 unspecified atom stereocenters. The van der Waals surface area contributed by atoms with E-state index in [1.54, 1.807) is 24.3 Å². The number of hydrogen-bond acceptors (Lipinski definition) is 6. The third-order valence-corrected chi connectivity index (χ3v) is 3.21. The van der Waals surface area contributed by atoms with E-state index in [-0.39, 0.29) is 17.5 Å². The SMILES string of the molecule is CC(=O)Nc1ccc(Nc2cnnc(Nc3ccc(F)cc3F)n2)cc1. The largest absolute Gasteiger partial charge is 0.339 e. The van der Waals surface area contributed by atoms with Crippen LogP contribution in [0.5, 0.6) is 0 Å². The topological polar surface area (TPSA) is 91.8 Å². The van der Waals surface area contributed by atoms with Gasteiger partial charge in [0.15, 0.2) is 5.82 Å². The van der Waals surface area contributed by atoms with Gasteiger partial charge in [-0.25, -0.2) is 8.78 Å². The highest BCUT2D eigenvalue weighted by Crippen LogP contribution is 2.20. The Hall–Kier alpha value is -3.62. The Morgan fingerprint density at radius 2 is 1.73 bits per heavy atom. The summed E-state index contributed by atoms with van der Waals surface area (Å²) < 4.78 is 26.6. The van der Waals surface area contributed by atoms with Crippen LogP contribution in [0.3, 0.4) is 0 Å². The molecular weight excluding hydrogens is 342 g/mol. The van der Waals surface area contributed by atoms with Gasteiger partial charge in [0.05, 0.1) is 11.9 Å². The molecule has 0 spiro atoms. The molecule has 132 valence electrons. The molecule has 1 aromatic heterocycles. The lowest BCUT2D eigenvalue weighted by Crippen LogP contribution is -2.06. The lowest BCUT2D eigenvalue weighted by Gasteiger charge is -2.09. The van der Waals surface area contributed by atoms with Crippen LogP contribution >= 0.6 is 0 Å². The van der Waals surface area contributed by atoms with Crippen molar-refractivity contribution in [3.05, 3.63) is 60.3 Å². The first-order valence-electron chi connectivity index (χ1n) is 7.56. The molecule has 0 aliphatic carbocycles. The summed E-state index contributed by atoms with van der Waals surface area (Å²) in [4.78, 5) is 15.2. The predicted octanol–water partition coefficient (Wildman–Crippen LogP) is 3.60. The first kappa shape index (κ1) is 17.2. The summed E-state index contributed by atoms with van der Waals surface area (Å²) in [6, 6.07) is 10.1. The van der Waals surface area contributed by atoms with Crippen molar-refractivity contribution in [3.63, 3.8) is 0 Å². The monoisotopic (exact) mass is 356 g/mol. The van der Waals surface area contributed by atoms with Gasteiger partial charge in [0.1, 0.15) is 11.6 Å². The van der Waals surface area contributed by atoms with Crippen LogP contribution in [-0.4, -0.2) is 21.1 Å². The molecule has 0 fully saturated rings. The van der Waals surface area contributed by atoms with Gasteiger partial charge in [-0.2, -0.15) is 10.1 Å². The molecule has 1 amide bonds. The maximum Gasteiger partial charge on any atom is 0.249 e. The number of benzene rings is 2. The van der Waals surface area contributed by atoms with Crippen LogP contribution in [-0.2, 0) is 4.79 Å². The van der Waals surface area contributed by atoms with Gasteiger partial charge in [0.25, 0.3) is 0 Å². The van der Waals surface area contributed by atoms with E-state index >= 15 is 0 Å². The van der Waals surface area contributed by atoms with Crippen LogP contribution in [0, 0.1) is 11.6 Å². The van der Waals surface area contributed by atoms with Crippen molar-refractivity contribution in [2.24, 2.45) is 0 Å². The molecule has 1 heterocycles. The number of carbonyl (C=O) groups is 1. The maximum atomic E-state index is 13.7. The lowest BCUT2D eigenvalue weighted by molar-refractivity contribution is -0.114. The van der Waals surface area contributed by atoms with E-state index in [0.29, 0.717) is 17.2 Å². The Kier molecular flexibility index (Phi) is 4.97. The summed E-state index contributed by atoms with van der Waals surface area (Å²) in [6.45, 7) is 1.43. The maximum absolute atomic E-state index is 13.7. The fraction of sp³-hybridized carbons (Fsp3) is 0.0588. The number of rotatable bonds is 5. The third-order valence-electron chi connectivity index (χ3n) is 3.21. The van der Waals surface area contributed by atoms with Crippen LogP contribution in [0.25, 0.3) is 0 Å². The Morgan fingerprint density at radius 3 is 2.42 bits per heavy atom. The van der Waals surface area contributed by atoms with E-state index in [9.17, 15) is 13.6 Å². The number of anilines is 5. The van der Waals surface area contributed by atoms with E-state index in [2.05, 4.69) is 31.1 Å². The number of carbonyl (C=O) groups excluding carboxylic acids is 1. The van der Waals surface area contributed by atoms with Crippen molar-refractivity contribution in [2.75, 3.05) is 16.0 Å². The smallest absolute Gasteiger partial charge is 0.249 e. The van der Waals surface area contributed by atoms with E-state index < -0.39 is 11.6 Å². The molecule has 0 aliphatic heterocycles. The highest BCUT2D eigenvalue weighted by Gasteiger charge is 2.07. The van der Waals surface area contributed by atoms with Gasteiger partial charge in [-0.3, -0.25) is 4.79 Å². The summed E-state index contributed by atoms with van der Waals surface area (Å²) in [7, 11) is 0. The minimum atomic E-state index is -0.763. The molecule has 0 aliphatic rings. The molecule has 0 saturated heterocycles. The number of aromatic nitrogens is 3. The Morgan fingerprint density at radius 1 is 1.00 bits per heavy atom. The minimum absolute atomic E-state index is 0.0324. The van der Waals surface area contributed by atoms with Gasteiger partial charge in [-0.15, -0.1) is 5.10 Å². The molecule has 3 rings (SSSR count). The summed E-state index contributed by atoms with van der Waals surface area (Å²) in [5, 5.41) is 15.9.